The first kappa shape index (κ1) is 22.4. The van der Waals surface area contributed by atoms with Crippen LogP contribution in [-0.2, 0) is 14.8 Å². The van der Waals surface area contributed by atoms with Crippen molar-refractivity contribution in [3.63, 3.8) is 0 Å². The molecule has 3 aromatic rings. The highest BCUT2D eigenvalue weighted by atomic mass is 35.5. The quantitative estimate of drug-likeness (QED) is 0.574. The van der Waals surface area contributed by atoms with E-state index in [0.717, 1.165) is 9.21 Å². The molecule has 3 aromatic carbocycles. The Hall–Kier alpha value is -3.40. The maximum Gasteiger partial charge on any atom is 0.329 e. The number of ether oxygens (including phenoxy) is 1. The van der Waals surface area contributed by atoms with Crippen LogP contribution in [0, 0.1) is 0 Å². The molecule has 2 aliphatic rings. The van der Waals surface area contributed by atoms with Crippen LogP contribution in [0.2, 0.25) is 5.02 Å². The summed E-state index contributed by atoms with van der Waals surface area (Å²) in [5, 5.41) is 3.19. The molecular weight excluding hydrogens is 478 g/mol. The second-order valence-corrected chi connectivity index (χ2v) is 10.3. The molecule has 8 nitrogen and oxygen atoms in total. The van der Waals surface area contributed by atoms with Crippen molar-refractivity contribution in [1.29, 1.82) is 0 Å². The van der Waals surface area contributed by atoms with Gasteiger partial charge in [0, 0.05) is 11.6 Å². The first-order valence-corrected chi connectivity index (χ1v) is 12.4. The molecule has 2 atom stereocenters. The zero-order valence-electron chi connectivity index (χ0n) is 17.8. The molecule has 0 saturated carbocycles. The Balaban J connectivity index is 1.40. The molecule has 0 spiro atoms. The maximum absolute atomic E-state index is 13.4. The zero-order valence-corrected chi connectivity index (χ0v) is 19.4. The van der Waals surface area contributed by atoms with Crippen LogP contribution in [0.3, 0.4) is 0 Å². The molecule has 0 unspecified atom stereocenters. The van der Waals surface area contributed by atoms with E-state index in [2.05, 4.69) is 5.32 Å². The van der Waals surface area contributed by atoms with E-state index in [-0.39, 0.29) is 11.4 Å². The van der Waals surface area contributed by atoms with Gasteiger partial charge >= 0.3 is 6.03 Å². The lowest BCUT2D eigenvalue weighted by Crippen LogP contribution is -2.64. The Kier molecular flexibility index (Phi) is 5.76. The minimum absolute atomic E-state index is 0.0382. The van der Waals surface area contributed by atoms with Crippen molar-refractivity contribution >= 4 is 39.2 Å². The summed E-state index contributed by atoms with van der Waals surface area (Å²) in [4.78, 5) is 27.2. The van der Waals surface area contributed by atoms with E-state index < -0.39 is 34.0 Å². The molecule has 2 aliphatic heterocycles. The van der Waals surface area contributed by atoms with E-state index in [1.807, 2.05) is 30.3 Å². The van der Waals surface area contributed by atoms with Gasteiger partial charge in [-0.05, 0) is 67.1 Å². The Bertz CT molecular complexity index is 1330. The summed E-state index contributed by atoms with van der Waals surface area (Å²) in [6.45, 7) is 0.115. The number of imide groups is 1. The van der Waals surface area contributed by atoms with Crippen molar-refractivity contribution in [2.75, 3.05) is 11.4 Å². The monoisotopic (exact) mass is 497 g/mol. The fourth-order valence-electron chi connectivity index (χ4n) is 4.21. The Morgan fingerprint density at radius 2 is 1.53 bits per heavy atom. The lowest BCUT2D eigenvalue weighted by atomic mass is 10.1. The molecule has 0 aromatic heterocycles. The second-order valence-electron chi connectivity index (χ2n) is 7.94. The third-order valence-electron chi connectivity index (χ3n) is 5.83. The van der Waals surface area contributed by atoms with Gasteiger partial charge in [-0.25, -0.2) is 18.1 Å². The summed E-state index contributed by atoms with van der Waals surface area (Å²) >= 11 is 5.89. The van der Waals surface area contributed by atoms with Crippen LogP contribution < -0.4 is 15.0 Å². The van der Waals surface area contributed by atoms with Gasteiger partial charge in [0.25, 0.3) is 5.91 Å². The van der Waals surface area contributed by atoms with E-state index in [1.165, 1.54) is 24.3 Å². The van der Waals surface area contributed by atoms with E-state index >= 15 is 0 Å². The van der Waals surface area contributed by atoms with Crippen molar-refractivity contribution in [3.05, 3.63) is 83.9 Å². The SMILES string of the molecule is O=C1N[C@@H]2CCN(S(=O)(=O)c3ccc(Cl)cc3)[C@@H]2C(=O)N1c1ccc(Oc2ccccc2)cc1. The minimum atomic E-state index is -3.97. The molecule has 174 valence electrons. The highest BCUT2D eigenvalue weighted by molar-refractivity contribution is 7.89. The van der Waals surface area contributed by atoms with E-state index in [0.29, 0.717) is 28.6 Å². The summed E-state index contributed by atoms with van der Waals surface area (Å²) in [5.74, 6) is 0.588. The van der Waals surface area contributed by atoms with Gasteiger partial charge in [-0.15, -0.1) is 0 Å². The van der Waals surface area contributed by atoms with Gasteiger partial charge < -0.3 is 10.1 Å². The van der Waals surface area contributed by atoms with Crippen LogP contribution in [0.4, 0.5) is 10.5 Å². The van der Waals surface area contributed by atoms with Crippen LogP contribution in [0.15, 0.2) is 83.8 Å². The molecule has 2 saturated heterocycles. The third kappa shape index (κ3) is 4.02. The van der Waals surface area contributed by atoms with Gasteiger partial charge in [-0.3, -0.25) is 4.79 Å². The standard InChI is InChI=1S/C24H20ClN3O5S/c25-16-6-12-20(13-7-16)34(31,32)27-15-14-21-22(27)23(29)28(24(30)26-21)17-8-10-19(11-9-17)33-18-4-2-1-3-5-18/h1-13,21-22H,14-15H2,(H,26,30)/t21-,22+/m1/s1. The number of benzene rings is 3. The second kappa shape index (κ2) is 8.75. The number of rotatable bonds is 5. The van der Waals surface area contributed by atoms with Gasteiger partial charge in [0.1, 0.15) is 17.5 Å². The number of carbonyl (C=O) groups is 2. The van der Waals surface area contributed by atoms with Crippen LogP contribution in [-0.4, -0.2) is 43.3 Å². The van der Waals surface area contributed by atoms with Crippen molar-refractivity contribution in [2.24, 2.45) is 0 Å². The molecule has 0 bridgehead atoms. The summed E-state index contributed by atoms with van der Waals surface area (Å²) < 4.78 is 33.5. The maximum atomic E-state index is 13.4. The number of hydrogen-bond donors (Lipinski definition) is 1. The van der Waals surface area contributed by atoms with Gasteiger partial charge in [0.2, 0.25) is 10.0 Å². The topological polar surface area (TPSA) is 96.0 Å². The predicted molar refractivity (Wildman–Crippen MR) is 127 cm³/mol. The number of nitrogens with one attached hydrogen (secondary N) is 1. The average molecular weight is 498 g/mol. The number of carbonyl (C=O) groups excluding carboxylic acids is 2. The smallest absolute Gasteiger partial charge is 0.329 e. The highest BCUT2D eigenvalue weighted by Gasteiger charge is 2.52. The normalized spacial score (nSPS) is 20.7. The zero-order chi connectivity index (χ0) is 23.9. The van der Waals surface area contributed by atoms with Gasteiger partial charge in [0.05, 0.1) is 16.6 Å². The van der Waals surface area contributed by atoms with Crippen molar-refractivity contribution in [3.8, 4) is 11.5 Å². The minimum Gasteiger partial charge on any atom is -0.457 e. The number of amides is 3. The predicted octanol–water partition coefficient (Wildman–Crippen LogP) is 4.02. The summed E-state index contributed by atoms with van der Waals surface area (Å²) in [5.41, 5.74) is 0.317. The molecule has 1 N–H and O–H groups in total. The fourth-order valence-corrected chi connectivity index (χ4v) is 5.97. The van der Waals surface area contributed by atoms with Crippen molar-refractivity contribution in [1.82, 2.24) is 9.62 Å². The number of nitrogens with zero attached hydrogens (tertiary/aromatic N) is 2. The molecule has 3 amide bonds. The molecule has 5 rings (SSSR count). The van der Waals surface area contributed by atoms with Crippen LogP contribution in [0.25, 0.3) is 0 Å². The number of urea groups is 1. The largest absolute Gasteiger partial charge is 0.457 e. The third-order valence-corrected chi connectivity index (χ3v) is 7.98. The van der Waals surface area contributed by atoms with Gasteiger partial charge in [-0.1, -0.05) is 29.8 Å². The van der Waals surface area contributed by atoms with Gasteiger partial charge in [-0.2, -0.15) is 4.31 Å². The van der Waals surface area contributed by atoms with E-state index in [9.17, 15) is 18.0 Å². The first-order chi connectivity index (χ1) is 16.3. The lowest BCUT2D eigenvalue weighted by Gasteiger charge is -2.36. The van der Waals surface area contributed by atoms with E-state index in [4.69, 9.17) is 16.3 Å². The molecule has 2 fully saturated rings. The lowest BCUT2D eigenvalue weighted by molar-refractivity contribution is -0.122. The number of para-hydroxylation sites is 1. The highest BCUT2D eigenvalue weighted by Crippen LogP contribution is 2.33. The average Bonchev–Trinajstić information content (AvgIpc) is 3.26. The Morgan fingerprint density at radius 1 is 0.882 bits per heavy atom. The van der Waals surface area contributed by atoms with Crippen molar-refractivity contribution < 1.29 is 22.7 Å². The van der Waals surface area contributed by atoms with Crippen LogP contribution >= 0.6 is 11.6 Å². The molecule has 0 radical (unpaired) electrons. The van der Waals surface area contributed by atoms with Crippen LogP contribution in [0.1, 0.15) is 6.42 Å². The number of hydrogen-bond acceptors (Lipinski definition) is 5. The number of anilines is 1. The summed E-state index contributed by atoms with van der Waals surface area (Å²) in [7, 11) is -3.97. The molecule has 2 heterocycles. The summed E-state index contributed by atoms with van der Waals surface area (Å²) in [6, 6.07) is 19.2. The Labute approximate surface area is 201 Å². The molecule has 10 heteroatoms. The molecular formula is C24H20ClN3O5S. The van der Waals surface area contributed by atoms with Gasteiger partial charge in [0.15, 0.2) is 0 Å². The molecule has 0 aliphatic carbocycles. The fraction of sp³-hybridized carbons (Fsp3) is 0.167. The van der Waals surface area contributed by atoms with Crippen molar-refractivity contribution in [2.45, 2.75) is 23.4 Å². The van der Waals surface area contributed by atoms with E-state index in [1.54, 1.807) is 24.3 Å². The number of fused-ring (bicyclic) bond motifs is 1. The number of halogens is 1. The number of sulfonamides is 1. The Morgan fingerprint density at radius 3 is 2.21 bits per heavy atom. The van der Waals surface area contributed by atoms with Crippen LogP contribution in [0.5, 0.6) is 11.5 Å². The molecule has 34 heavy (non-hydrogen) atoms. The first-order valence-electron chi connectivity index (χ1n) is 10.6. The summed E-state index contributed by atoms with van der Waals surface area (Å²) in [6.07, 6.45) is 0.340.